The number of carbonyl (C=O) groups excluding carboxylic acids is 1. The highest BCUT2D eigenvalue weighted by Crippen LogP contribution is 2.27. The van der Waals surface area contributed by atoms with Gasteiger partial charge in [-0.05, 0) is 70.6 Å². The quantitative estimate of drug-likeness (QED) is 0.600. The fourth-order valence-electron chi connectivity index (χ4n) is 3.92. The van der Waals surface area contributed by atoms with Crippen molar-refractivity contribution in [2.75, 3.05) is 13.6 Å². The van der Waals surface area contributed by atoms with Gasteiger partial charge in [-0.1, -0.05) is 30.9 Å². The van der Waals surface area contributed by atoms with Gasteiger partial charge in [-0.3, -0.25) is 9.79 Å². The van der Waals surface area contributed by atoms with Crippen molar-refractivity contribution in [3.05, 3.63) is 22.4 Å². The van der Waals surface area contributed by atoms with Crippen molar-refractivity contribution < 1.29 is 4.79 Å². The predicted molar refractivity (Wildman–Crippen MR) is 111 cm³/mol. The molecular weight excluding hydrogens is 346 g/mol. The Bertz CT molecular complexity index is 574. The van der Waals surface area contributed by atoms with Crippen LogP contribution >= 0.6 is 11.6 Å². The second kappa shape index (κ2) is 10.9. The summed E-state index contributed by atoms with van der Waals surface area (Å²) in [6, 6.07) is 0.251. The number of amides is 1. The number of aliphatic imine (C=N–C) groups is 1. The summed E-state index contributed by atoms with van der Waals surface area (Å²) < 4.78 is 0. The molecule has 0 aromatic carbocycles. The maximum atomic E-state index is 12.4. The molecule has 4 nitrogen and oxygen atoms in total. The molecule has 26 heavy (non-hydrogen) atoms. The van der Waals surface area contributed by atoms with E-state index < -0.39 is 0 Å². The van der Waals surface area contributed by atoms with Crippen LogP contribution in [0, 0.1) is 5.92 Å². The molecule has 2 aliphatic carbocycles. The first-order valence-electron chi connectivity index (χ1n) is 10.0. The maximum Gasteiger partial charge on any atom is 0.220 e. The van der Waals surface area contributed by atoms with Crippen LogP contribution in [-0.4, -0.2) is 31.3 Å². The molecule has 0 bridgehead atoms. The lowest BCUT2D eigenvalue weighted by Gasteiger charge is -2.31. The number of hydrogen-bond acceptors (Lipinski definition) is 3. The number of halogens is 1. The minimum atomic E-state index is 0.141. The van der Waals surface area contributed by atoms with Crippen molar-refractivity contribution >= 4 is 23.2 Å². The average molecular weight is 380 g/mol. The van der Waals surface area contributed by atoms with Crippen LogP contribution in [0.4, 0.5) is 0 Å². The van der Waals surface area contributed by atoms with E-state index in [9.17, 15) is 4.79 Å². The molecule has 0 heterocycles. The first kappa shape index (κ1) is 21.2. The number of likely N-dealkylation sites (N-methyl/N-ethyl adjacent to an activating group) is 1. The molecule has 1 amide bonds. The van der Waals surface area contributed by atoms with Crippen LogP contribution in [0.2, 0.25) is 0 Å². The highest BCUT2D eigenvalue weighted by atomic mass is 35.5. The van der Waals surface area contributed by atoms with E-state index >= 15 is 0 Å². The van der Waals surface area contributed by atoms with E-state index in [1.165, 1.54) is 32.1 Å². The monoisotopic (exact) mass is 379 g/mol. The molecule has 0 aromatic heterocycles. The zero-order chi connectivity index (χ0) is 18.9. The molecular formula is C21H34ClN3O. The molecule has 1 saturated carbocycles. The van der Waals surface area contributed by atoms with Gasteiger partial charge in [-0.15, -0.1) is 0 Å². The number of nitrogens with one attached hydrogen (secondary N) is 2. The Morgan fingerprint density at radius 3 is 2.65 bits per heavy atom. The van der Waals surface area contributed by atoms with Crippen LogP contribution in [0.5, 0.6) is 0 Å². The molecule has 2 rings (SSSR count). The first-order chi connectivity index (χ1) is 12.5. The topological polar surface area (TPSA) is 53.5 Å². The Morgan fingerprint density at radius 2 is 2.00 bits per heavy atom. The number of rotatable bonds is 8. The molecule has 0 aromatic rings. The Kier molecular flexibility index (Phi) is 8.86. The Morgan fingerprint density at radius 1 is 1.27 bits per heavy atom. The van der Waals surface area contributed by atoms with Crippen LogP contribution in [0.1, 0.15) is 71.6 Å². The summed E-state index contributed by atoms with van der Waals surface area (Å²) in [6.45, 7) is 4.91. The number of carbonyl (C=O) groups is 1. The minimum Gasteiger partial charge on any atom is -0.352 e. The first-order valence-corrected chi connectivity index (χ1v) is 10.4. The van der Waals surface area contributed by atoms with Crippen molar-refractivity contribution in [1.82, 2.24) is 10.6 Å². The summed E-state index contributed by atoms with van der Waals surface area (Å²) in [5.74, 6) is 0.754. The molecule has 1 fully saturated rings. The van der Waals surface area contributed by atoms with E-state index in [0.29, 0.717) is 18.8 Å². The SMILES string of the molecule is CNCC(NC(=O)CCC(C)=NC1=C(C)C=C(Cl)CC1)C1CCCCC1. The Labute approximate surface area is 163 Å². The van der Waals surface area contributed by atoms with Gasteiger partial charge in [0.15, 0.2) is 0 Å². The van der Waals surface area contributed by atoms with Crippen molar-refractivity contribution in [2.45, 2.75) is 77.7 Å². The summed E-state index contributed by atoms with van der Waals surface area (Å²) in [4.78, 5) is 17.2. The van der Waals surface area contributed by atoms with Gasteiger partial charge in [0.2, 0.25) is 5.91 Å². The molecule has 0 saturated heterocycles. The fraction of sp³-hybridized carbons (Fsp3) is 0.714. The van der Waals surface area contributed by atoms with E-state index in [1.54, 1.807) is 0 Å². The van der Waals surface area contributed by atoms with Crippen LogP contribution in [0.3, 0.4) is 0 Å². The lowest BCUT2D eigenvalue weighted by Crippen LogP contribution is -2.46. The van der Waals surface area contributed by atoms with Gasteiger partial charge in [-0.2, -0.15) is 0 Å². The zero-order valence-electron chi connectivity index (χ0n) is 16.5. The molecule has 1 atom stereocenters. The molecule has 0 radical (unpaired) electrons. The summed E-state index contributed by atoms with van der Waals surface area (Å²) in [7, 11) is 1.96. The normalized spacial score (nSPS) is 20.8. The van der Waals surface area contributed by atoms with Crippen molar-refractivity contribution in [3.8, 4) is 0 Å². The molecule has 2 N–H and O–H groups in total. The molecule has 146 valence electrons. The number of nitrogens with zero attached hydrogens (tertiary/aromatic N) is 1. The van der Waals surface area contributed by atoms with Crippen LogP contribution in [0.25, 0.3) is 0 Å². The predicted octanol–water partition coefficient (Wildman–Crippen LogP) is 4.70. The molecule has 0 aliphatic heterocycles. The van der Waals surface area contributed by atoms with Gasteiger partial charge in [0, 0.05) is 35.4 Å². The zero-order valence-corrected chi connectivity index (χ0v) is 17.3. The van der Waals surface area contributed by atoms with Crippen molar-refractivity contribution in [3.63, 3.8) is 0 Å². The lowest BCUT2D eigenvalue weighted by atomic mass is 9.83. The largest absolute Gasteiger partial charge is 0.352 e. The molecule has 1 unspecified atom stereocenters. The molecule has 0 spiro atoms. The summed E-state index contributed by atoms with van der Waals surface area (Å²) in [6.07, 6.45) is 11.3. The van der Waals surface area contributed by atoms with Gasteiger partial charge in [0.25, 0.3) is 0 Å². The van der Waals surface area contributed by atoms with Gasteiger partial charge >= 0.3 is 0 Å². The fourth-order valence-corrected chi connectivity index (χ4v) is 4.18. The third kappa shape index (κ3) is 6.88. The van der Waals surface area contributed by atoms with E-state index in [4.69, 9.17) is 16.6 Å². The van der Waals surface area contributed by atoms with E-state index in [2.05, 4.69) is 10.6 Å². The van der Waals surface area contributed by atoms with Crippen LogP contribution in [0.15, 0.2) is 27.4 Å². The highest BCUT2D eigenvalue weighted by Gasteiger charge is 2.24. The standard InChI is InChI=1S/C21H34ClN3O/c1-15-13-18(22)10-11-19(15)24-16(2)9-12-21(26)25-20(14-23-3)17-7-5-4-6-8-17/h13,17,20,23H,4-12,14H2,1-3H3,(H,25,26). The molecule has 2 aliphatic rings. The van der Waals surface area contributed by atoms with Crippen molar-refractivity contribution in [1.29, 1.82) is 0 Å². The van der Waals surface area contributed by atoms with Crippen LogP contribution < -0.4 is 10.6 Å². The van der Waals surface area contributed by atoms with Gasteiger partial charge in [0.1, 0.15) is 0 Å². The van der Waals surface area contributed by atoms with Gasteiger partial charge < -0.3 is 10.6 Å². The smallest absolute Gasteiger partial charge is 0.220 e. The molecule has 5 heteroatoms. The highest BCUT2D eigenvalue weighted by molar-refractivity contribution is 6.29. The van der Waals surface area contributed by atoms with Crippen molar-refractivity contribution in [2.24, 2.45) is 10.9 Å². The summed E-state index contributed by atoms with van der Waals surface area (Å²) in [5.41, 5.74) is 3.25. The van der Waals surface area contributed by atoms with Crippen LogP contribution in [-0.2, 0) is 4.79 Å². The van der Waals surface area contributed by atoms with E-state index in [-0.39, 0.29) is 11.9 Å². The second-order valence-electron chi connectivity index (χ2n) is 7.70. The minimum absolute atomic E-state index is 0.141. The number of allylic oxidation sites excluding steroid dienone is 4. The average Bonchev–Trinajstić information content (AvgIpc) is 2.63. The number of hydrogen-bond donors (Lipinski definition) is 2. The lowest BCUT2D eigenvalue weighted by molar-refractivity contribution is -0.122. The third-order valence-corrected chi connectivity index (χ3v) is 5.76. The Balaban J connectivity index is 1.84. The Hall–Kier alpha value is -1.13. The summed E-state index contributed by atoms with van der Waals surface area (Å²) >= 11 is 6.07. The second-order valence-corrected chi connectivity index (χ2v) is 8.18. The summed E-state index contributed by atoms with van der Waals surface area (Å²) in [5, 5.41) is 7.40. The third-order valence-electron chi connectivity index (χ3n) is 5.46. The van der Waals surface area contributed by atoms with Gasteiger partial charge in [-0.25, -0.2) is 0 Å². The van der Waals surface area contributed by atoms with E-state index in [0.717, 1.165) is 41.4 Å². The van der Waals surface area contributed by atoms with Gasteiger partial charge in [0.05, 0.1) is 0 Å². The van der Waals surface area contributed by atoms with E-state index in [1.807, 2.05) is 27.0 Å². The maximum absolute atomic E-state index is 12.4.